The van der Waals surface area contributed by atoms with E-state index in [9.17, 15) is 17.2 Å². The van der Waals surface area contributed by atoms with Crippen LogP contribution in [0.1, 0.15) is 18.4 Å². The lowest BCUT2D eigenvalue weighted by Crippen LogP contribution is -2.31. The molecule has 0 aromatic heterocycles. The lowest BCUT2D eigenvalue weighted by molar-refractivity contribution is 0.126. The number of hydrogen-bond donors (Lipinski definition) is 1. The molecule has 118 valence electrons. The Hall–Kier alpha value is -0.760. The second kappa shape index (κ2) is 6.56. The molecule has 0 aliphatic heterocycles. The van der Waals surface area contributed by atoms with Gasteiger partial charge in [0.1, 0.15) is 0 Å². The highest BCUT2D eigenvalue weighted by atomic mass is 35.5. The van der Waals surface area contributed by atoms with E-state index < -0.39 is 23.0 Å². The minimum Gasteiger partial charge on any atom is -0.310 e. The predicted octanol–water partition coefficient (Wildman–Crippen LogP) is 2.48. The molecule has 0 unspecified atom stereocenters. The quantitative estimate of drug-likeness (QED) is 0.831. The van der Waals surface area contributed by atoms with Gasteiger partial charge in [-0.2, -0.15) is 4.31 Å². The molecule has 4 nitrogen and oxygen atoms in total. The van der Waals surface area contributed by atoms with Crippen molar-refractivity contribution in [2.75, 3.05) is 13.6 Å². The second-order valence-corrected chi connectivity index (χ2v) is 7.54. The van der Waals surface area contributed by atoms with Crippen LogP contribution in [0, 0.1) is 0 Å². The van der Waals surface area contributed by atoms with Crippen LogP contribution in [0.25, 0.3) is 0 Å². The number of rotatable bonds is 7. The van der Waals surface area contributed by atoms with Crippen molar-refractivity contribution < 1.29 is 17.2 Å². The number of halogens is 3. The molecule has 1 saturated carbocycles. The van der Waals surface area contributed by atoms with Crippen molar-refractivity contribution in [2.24, 2.45) is 0 Å². The summed E-state index contributed by atoms with van der Waals surface area (Å²) in [4.78, 5) is -0.0253. The molecular weight excluding hydrogens is 322 g/mol. The summed E-state index contributed by atoms with van der Waals surface area (Å²) in [6.07, 6.45) is -0.507. The highest BCUT2D eigenvalue weighted by Crippen LogP contribution is 2.25. The number of alkyl halides is 2. The minimum atomic E-state index is -3.93. The van der Waals surface area contributed by atoms with Crippen LogP contribution in [-0.2, 0) is 16.6 Å². The second-order valence-electron chi connectivity index (χ2n) is 5.09. The van der Waals surface area contributed by atoms with Gasteiger partial charge >= 0.3 is 0 Å². The first kappa shape index (κ1) is 16.6. The number of nitrogens with one attached hydrogen (secondary N) is 1. The van der Waals surface area contributed by atoms with E-state index in [1.54, 1.807) is 0 Å². The Morgan fingerprint density at radius 1 is 1.43 bits per heavy atom. The van der Waals surface area contributed by atoms with Gasteiger partial charge in [0.05, 0.1) is 11.4 Å². The molecule has 0 atom stereocenters. The van der Waals surface area contributed by atoms with Gasteiger partial charge in [-0.3, -0.25) is 0 Å². The number of sulfonamides is 1. The molecule has 1 fully saturated rings. The van der Waals surface area contributed by atoms with Crippen molar-refractivity contribution in [2.45, 2.75) is 36.7 Å². The Morgan fingerprint density at radius 3 is 2.67 bits per heavy atom. The first-order chi connectivity index (χ1) is 9.80. The van der Waals surface area contributed by atoms with Crippen LogP contribution in [0.5, 0.6) is 0 Å². The molecule has 2 rings (SSSR count). The Kier molecular flexibility index (Phi) is 5.19. The van der Waals surface area contributed by atoms with Crippen molar-refractivity contribution in [3.05, 3.63) is 28.8 Å². The molecule has 0 heterocycles. The van der Waals surface area contributed by atoms with Crippen molar-refractivity contribution in [1.29, 1.82) is 0 Å². The molecule has 1 aliphatic carbocycles. The minimum absolute atomic E-state index is 0.0253. The molecule has 0 radical (unpaired) electrons. The zero-order valence-electron chi connectivity index (χ0n) is 11.5. The Balaban J connectivity index is 2.19. The average molecular weight is 339 g/mol. The van der Waals surface area contributed by atoms with Gasteiger partial charge in [-0.25, -0.2) is 17.2 Å². The summed E-state index contributed by atoms with van der Waals surface area (Å²) in [7, 11) is -2.79. The van der Waals surface area contributed by atoms with E-state index in [1.165, 1.54) is 18.2 Å². The van der Waals surface area contributed by atoms with E-state index >= 15 is 0 Å². The maximum absolute atomic E-state index is 12.4. The monoisotopic (exact) mass is 338 g/mol. The Bertz CT molecular complexity index is 606. The van der Waals surface area contributed by atoms with Crippen molar-refractivity contribution >= 4 is 21.6 Å². The third kappa shape index (κ3) is 4.35. The van der Waals surface area contributed by atoms with E-state index in [-0.39, 0.29) is 4.90 Å². The molecule has 0 saturated heterocycles. The van der Waals surface area contributed by atoms with Gasteiger partial charge in [-0.05, 0) is 36.6 Å². The topological polar surface area (TPSA) is 49.4 Å². The van der Waals surface area contributed by atoms with Gasteiger partial charge in [0.15, 0.2) is 0 Å². The third-order valence-corrected chi connectivity index (χ3v) is 5.47. The lowest BCUT2D eigenvalue weighted by atomic mass is 10.2. The van der Waals surface area contributed by atoms with E-state index in [0.29, 0.717) is 27.5 Å². The fourth-order valence-electron chi connectivity index (χ4n) is 1.86. The maximum atomic E-state index is 12.4. The van der Waals surface area contributed by atoms with Gasteiger partial charge in [0.2, 0.25) is 10.0 Å². The highest BCUT2D eigenvalue weighted by molar-refractivity contribution is 7.89. The normalized spacial score (nSPS) is 15.9. The Labute approximate surface area is 128 Å². The summed E-state index contributed by atoms with van der Waals surface area (Å²) in [5.74, 6) is 0. The zero-order valence-corrected chi connectivity index (χ0v) is 13.1. The van der Waals surface area contributed by atoms with Gasteiger partial charge in [0.25, 0.3) is 6.43 Å². The average Bonchev–Trinajstić information content (AvgIpc) is 3.20. The van der Waals surface area contributed by atoms with Gasteiger partial charge in [-0.15, -0.1) is 0 Å². The number of hydrogen-bond acceptors (Lipinski definition) is 3. The molecule has 0 spiro atoms. The summed E-state index contributed by atoms with van der Waals surface area (Å²) in [6, 6.07) is 4.71. The van der Waals surface area contributed by atoms with Gasteiger partial charge < -0.3 is 5.32 Å². The van der Waals surface area contributed by atoms with Crippen LogP contribution < -0.4 is 5.32 Å². The summed E-state index contributed by atoms with van der Waals surface area (Å²) in [6.45, 7) is -0.369. The largest absolute Gasteiger partial charge is 0.310 e. The molecule has 0 amide bonds. The van der Waals surface area contributed by atoms with Crippen LogP contribution in [-0.4, -0.2) is 38.8 Å². The van der Waals surface area contributed by atoms with Crippen LogP contribution >= 0.6 is 11.6 Å². The van der Waals surface area contributed by atoms with Crippen LogP contribution in [0.3, 0.4) is 0 Å². The van der Waals surface area contributed by atoms with Gasteiger partial charge in [-0.1, -0.05) is 11.6 Å². The van der Waals surface area contributed by atoms with Gasteiger partial charge in [0, 0.05) is 24.7 Å². The SMILES string of the molecule is CN(CC(F)F)S(=O)(=O)c1ccc(Cl)c(CNC2CC2)c1. The van der Waals surface area contributed by atoms with Crippen molar-refractivity contribution in [1.82, 2.24) is 9.62 Å². The fourth-order valence-corrected chi connectivity index (χ4v) is 3.25. The zero-order chi connectivity index (χ0) is 15.6. The predicted molar refractivity (Wildman–Crippen MR) is 77.1 cm³/mol. The van der Waals surface area contributed by atoms with Crippen molar-refractivity contribution in [3.8, 4) is 0 Å². The highest BCUT2D eigenvalue weighted by Gasteiger charge is 2.25. The maximum Gasteiger partial charge on any atom is 0.252 e. The van der Waals surface area contributed by atoms with Crippen molar-refractivity contribution in [3.63, 3.8) is 0 Å². The fraction of sp³-hybridized carbons (Fsp3) is 0.538. The molecule has 21 heavy (non-hydrogen) atoms. The molecule has 1 N–H and O–H groups in total. The summed E-state index contributed by atoms with van der Waals surface area (Å²) < 4.78 is 49.8. The first-order valence-corrected chi connectivity index (χ1v) is 8.39. The summed E-state index contributed by atoms with van der Waals surface area (Å²) >= 11 is 6.05. The lowest BCUT2D eigenvalue weighted by Gasteiger charge is -2.17. The summed E-state index contributed by atoms with van der Waals surface area (Å²) in [5.41, 5.74) is 0.648. The van der Waals surface area contributed by atoms with E-state index in [2.05, 4.69) is 5.32 Å². The van der Waals surface area contributed by atoms with E-state index in [4.69, 9.17) is 11.6 Å². The first-order valence-electron chi connectivity index (χ1n) is 6.57. The standard InChI is InChI=1S/C13H17ClF2N2O2S/c1-18(8-13(15)16)21(19,20)11-4-5-12(14)9(6-11)7-17-10-2-3-10/h4-6,10,13,17H,2-3,7-8H2,1H3. The molecular formula is C13H17ClF2N2O2S. The Morgan fingerprint density at radius 2 is 2.10 bits per heavy atom. The van der Waals surface area contributed by atoms with Crippen LogP contribution in [0.2, 0.25) is 5.02 Å². The number of benzene rings is 1. The smallest absolute Gasteiger partial charge is 0.252 e. The third-order valence-electron chi connectivity index (χ3n) is 3.28. The van der Waals surface area contributed by atoms with Crippen LogP contribution in [0.15, 0.2) is 23.1 Å². The summed E-state index contributed by atoms with van der Waals surface area (Å²) in [5, 5.41) is 3.70. The van der Waals surface area contributed by atoms with Crippen LogP contribution in [0.4, 0.5) is 8.78 Å². The molecule has 1 aliphatic rings. The molecule has 8 heteroatoms. The molecule has 0 bridgehead atoms. The van der Waals surface area contributed by atoms with E-state index in [1.807, 2.05) is 0 Å². The molecule has 1 aromatic carbocycles. The molecule has 1 aromatic rings. The van der Waals surface area contributed by atoms with E-state index in [0.717, 1.165) is 19.9 Å². The number of nitrogens with zero attached hydrogens (tertiary/aromatic N) is 1.